The van der Waals surface area contributed by atoms with Gasteiger partial charge in [0.15, 0.2) is 0 Å². The second-order valence-corrected chi connectivity index (χ2v) is 5.95. The number of carbonyl (C=O) groups excluding carboxylic acids is 2. The number of urea groups is 1. The molecule has 0 fully saturated rings. The van der Waals surface area contributed by atoms with Gasteiger partial charge >= 0.3 is 12.1 Å². The lowest BCUT2D eigenvalue weighted by atomic mass is 10.2. The summed E-state index contributed by atoms with van der Waals surface area (Å²) in [5, 5.41) is 7.56. The van der Waals surface area contributed by atoms with Crippen LogP contribution in [0, 0.1) is 0 Å². The largest absolute Gasteiger partial charge is 0.444 e. The maximum Gasteiger partial charge on any atom is 0.414 e. The van der Waals surface area contributed by atoms with Gasteiger partial charge in [0.05, 0.1) is 0 Å². The third-order valence-electron chi connectivity index (χ3n) is 1.66. The predicted molar refractivity (Wildman–Crippen MR) is 78.7 cm³/mol. The Labute approximate surface area is 120 Å². The molecule has 0 saturated heterocycles. The van der Waals surface area contributed by atoms with E-state index in [0.29, 0.717) is 0 Å². The molecular formula is C13H26N4O3. The Morgan fingerprint density at radius 1 is 1.05 bits per heavy atom. The first-order valence-corrected chi connectivity index (χ1v) is 6.65. The van der Waals surface area contributed by atoms with Gasteiger partial charge in [-0.3, -0.25) is 10.6 Å². The Hall–Kier alpha value is -1.79. The molecule has 0 aliphatic rings. The molecule has 7 nitrogen and oxygen atoms in total. The lowest BCUT2D eigenvalue weighted by molar-refractivity contribution is 0.0562. The van der Waals surface area contributed by atoms with E-state index in [0.717, 1.165) is 0 Å². The molecule has 7 heteroatoms. The van der Waals surface area contributed by atoms with Crippen LogP contribution >= 0.6 is 0 Å². The van der Waals surface area contributed by atoms with Crippen molar-refractivity contribution in [1.82, 2.24) is 16.0 Å². The average molecular weight is 286 g/mol. The number of hydrogen-bond donors (Lipinski definition) is 3. The molecule has 0 aliphatic carbocycles. The summed E-state index contributed by atoms with van der Waals surface area (Å²) in [5.74, 6) is 0.0624. The zero-order chi connectivity index (χ0) is 15.9. The van der Waals surface area contributed by atoms with Gasteiger partial charge in [-0.05, 0) is 48.5 Å². The normalized spacial score (nSPS) is 12.3. The number of alkyl carbamates (subject to hydrolysis) is 1. The molecule has 3 N–H and O–H groups in total. The Balaban J connectivity index is 4.67. The molecule has 0 atom stereocenters. The summed E-state index contributed by atoms with van der Waals surface area (Å²) in [5.41, 5.74) is -0.618. The summed E-state index contributed by atoms with van der Waals surface area (Å²) in [6, 6.07) is -0.536. The van der Waals surface area contributed by atoms with Crippen LogP contribution in [0.1, 0.15) is 48.5 Å². The van der Waals surface area contributed by atoms with E-state index in [1.54, 1.807) is 20.8 Å². The Morgan fingerprint density at radius 3 is 2.00 bits per heavy atom. The van der Waals surface area contributed by atoms with E-state index >= 15 is 0 Å². The van der Waals surface area contributed by atoms with Crippen LogP contribution < -0.4 is 16.0 Å². The number of hydrogen-bond acceptors (Lipinski definition) is 4. The summed E-state index contributed by atoms with van der Waals surface area (Å²) in [4.78, 5) is 27.4. The number of nitrogens with zero attached hydrogens (tertiary/aromatic N) is 1. The lowest BCUT2D eigenvalue weighted by Crippen LogP contribution is -2.50. The van der Waals surface area contributed by atoms with Gasteiger partial charge in [-0.2, -0.15) is 0 Å². The third-order valence-corrected chi connectivity index (χ3v) is 1.66. The van der Waals surface area contributed by atoms with Crippen molar-refractivity contribution in [3.05, 3.63) is 0 Å². The molecule has 116 valence electrons. The van der Waals surface area contributed by atoms with Gasteiger partial charge in [0.25, 0.3) is 0 Å². The zero-order valence-electron chi connectivity index (χ0n) is 13.3. The van der Waals surface area contributed by atoms with Gasteiger partial charge in [0, 0.05) is 12.1 Å². The highest BCUT2D eigenvalue weighted by atomic mass is 16.6. The quantitative estimate of drug-likeness (QED) is 0.535. The van der Waals surface area contributed by atoms with Crippen molar-refractivity contribution in [2.45, 2.75) is 66.2 Å². The minimum Gasteiger partial charge on any atom is -0.444 e. The number of carbonyl (C=O) groups is 2. The summed E-state index contributed by atoms with van der Waals surface area (Å²) in [7, 11) is 0. The number of amides is 3. The molecule has 0 aromatic heterocycles. The maximum atomic E-state index is 11.7. The first kappa shape index (κ1) is 18.2. The van der Waals surface area contributed by atoms with Crippen molar-refractivity contribution in [1.29, 1.82) is 0 Å². The molecule has 0 unspecified atom stereocenters. The van der Waals surface area contributed by atoms with Gasteiger partial charge in [-0.1, -0.05) is 0 Å². The molecule has 0 rings (SSSR count). The summed E-state index contributed by atoms with van der Waals surface area (Å²) in [6.07, 6.45) is -0.665. The van der Waals surface area contributed by atoms with Crippen LogP contribution in [0.4, 0.5) is 9.59 Å². The zero-order valence-corrected chi connectivity index (χ0v) is 13.3. The Bertz CT molecular complexity index is 370. The van der Waals surface area contributed by atoms with Crippen molar-refractivity contribution in [3.8, 4) is 0 Å². The van der Waals surface area contributed by atoms with Crippen LogP contribution in [0.15, 0.2) is 4.99 Å². The van der Waals surface area contributed by atoms with Crippen LogP contribution in [0.5, 0.6) is 0 Å². The molecule has 0 spiro atoms. The van der Waals surface area contributed by atoms with Crippen molar-refractivity contribution in [3.63, 3.8) is 0 Å². The SMILES string of the molecule is CC(C)N=C(NC(=O)NC(C)C)NC(=O)OC(C)(C)C. The second kappa shape index (κ2) is 7.72. The van der Waals surface area contributed by atoms with Crippen molar-refractivity contribution in [2.24, 2.45) is 4.99 Å². The monoisotopic (exact) mass is 286 g/mol. The van der Waals surface area contributed by atoms with Crippen LogP contribution in [0.3, 0.4) is 0 Å². The first-order valence-electron chi connectivity index (χ1n) is 6.65. The van der Waals surface area contributed by atoms with E-state index in [1.165, 1.54) is 0 Å². The fraction of sp³-hybridized carbons (Fsp3) is 0.769. The molecule has 0 aromatic rings. The fourth-order valence-electron chi connectivity index (χ4n) is 1.16. The van der Waals surface area contributed by atoms with Gasteiger partial charge in [0.1, 0.15) is 5.60 Å². The summed E-state index contributed by atoms with van der Waals surface area (Å²) in [6.45, 7) is 12.6. The molecule has 0 saturated carbocycles. The topological polar surface area (TPSA) is 91.8 Å². The molecule has 0 aliphatic heterocycles. The summed E-state index contributed by atoms with van der Waals surface area (Å²) < 4.78 is 5.11. The molecule has 20 heavy (non-hydrogen) atoms. The average Bonchev–Trinajstić information content (AvgIpc) is 2.09. The van der Waals surface area contributed by atoms with Crippen molar-refractivity contribution < 1.29 is 14.3 Å². The van der Waals surface area contributed by atoms with E-state index in [4.69, 9.17) is 4.74 Å². The first-order chi connectivity index (χ1) is 8.99. The van der Waals surface area contributed by atoms with Gasteiger partial charge < -0.3 is 10.1 Å². The van der Waals surface area contributed by atoms with Crippen molar-refractivity contribution in [2.75, 3.05) is 0 Å². The third kappa shape index (κ3) is 10.2. The van der Waals surface area contributed by atoms with Gasteiger partial charge in [-0.15, -0.1) is 0 Å². The van der Waals surface area contributed by atoms with E-state index in [2.05, 4.69) is 20.9 Å². The Kier molecular flexibility index (Phi) is 7.02. The molecule has 0 heterocycles. The molecule has 0 aromatic carbocycles. The second-order valence-electron chi connectivity index (χ2n) is 5.95. The van der Waals surface area contributed by atoms with E-state index in [-0.39, 0.29) is 18.0 Å². The maximum absolute atomic E-state index is 11.7. The number of nitrogens with one attached hydrogen (secondary N) is 3. The lowest BCUT2D eigenvalue weighted by Gasteiger charge is -2.20. The molecule has 3 amide bonds. The number of rotatable bonds is 2. The smallest absolute Gasteiger partial charge is 0.414 e. The number of guanidine groups is 1. The van der Waals surface area contributed by atoms with E-state index < -0.39 is 17.7 Å². The standard InChI is InChI=1S/C13H26N4O3/c1-8(2)14-10(16-11(18)15-9(3)4)17-12(19)20-13(5,6)7/h8-9H,1-7H3,(H3,14,15,16,17,18,19). The highest BCUT2D eigenvalue weighted by Gasteiger charge is 2.18. The van der Waals surface area contributed by atoms with E-state index in [9.17, 15) is 9.59 Å². The molecule has 0 radical (unpaired) electrons. The van der Waals surface area contributed by atoms with Crippen LogP contribution in [0.2, 0.25) is 0 Å². The van der Waals surface area contributed by atoms with Crippen LogP contribution in [-0.2, 0) is 4.74 Å². The highest BCUT2D eigenvalue weighted by Crippen LogP contribution is 2.06. The van der Waals surface area contributed by atoms with Gasteiger partial charge in [0.2, 0.25) is 5.96 Å². The van der Waals surface area contributed by atoms with Crippen LogP contribution in [-0.4, -0.2) is 35.8 Å². The fourth-order valence-corrected chi connectivity index (χ4v) is 1.16. The molecule has 0 bridgehead atoms. The minimum atomic E-state index is -0.665. The molecular weight excluding hydrogens is 260 g/mol. The Morgan fingerprint density at radius 2 is 1.60 bits per heavy atom. The van der Waals surface area contributed by atoms with Crippen molar-refractivity contribution >= 4 is 18.1 Å². The van der Waals surface area contributed by atoms with Gasteiger partial charge in [-0.25, -0.2) is 14.6 Å². The minimum absolute atomic E-state index is 0.0168. The highest BCUT2D eigenvalue weighted by molar-refractivity contribution is 6.02. The van der Waals surface area contributed by atoms with Crippen LogP contribution in [0.25, 0.3) is 0 Å². The van der Waals surface area contributed by atoms with E-state index in [1.807, 2.05) is 27.7 Å². The number of aliphatic imine (C=N–C) groups is 1. The number of ether oxygens (including phenoxy) is 1. The predicted octanol–water partition coefficient (Wildman–Crippen LogP) is 1.98. The summed E-state index contributed by atoms with van der Waals surface area (Å²) >= 11 is 0.